The molecule has 1 heterocycles. The molecule has 0 spiro atoms. The van der Waals surface area contributed by atoms with Gasteiger partial charge in [-0.2, -0.15) is 18.3 Å². The summed E-state index contributed by atoms with van der Waals surface area (Å²) in [6.07, 6.45) is -5.19. The number of halogens is 3. The fourth-order valence-electron chi connectivity index (χ4n) is 3.20. The van der Waals surface area contributed by atoms with Gasteiger partial charge in [-0.3, -0.25) is 9.56 Å². The summed E-state index contributed by atoms with van der Waals surface area (Å²) in [6.45, 7) is 6.39. The Morgan fingerprint density at radius 3 is 2.39 bits per heavy atom. The molecule has 0 fully saturated rings. The van der Waals surface area contributed by atoms with Crippen molar-refractivity contribution in [2.45, 2.75) is 37.9 Å². The lowest BCUT2D eigenvalue weighted by Gasteiger charge is -2.25. The zero-order chi connectivity index (χ0) is 26.3. The van der Waals surface area contributed by atoms with Gasteiger partial charge in [0.25, 0.3) is 0 Å². The number of hydrogen-bond acceptors (Lipinski definition) is 7. The molecule has 0 atom stereocenters. The quantitative estimate of drug-likeness (QED) is 0.273. The van der Waals surface area contributed by atoms with Gasteiger partial charge >= 0.3 is 12.3 Å². The van der Waals surface area contributed by atoms with E-state index in [1.165, 1.54) is 11.8 Å². The first-order valence-electron chi connectivity index (χ1n) is 11.1. The molecule has 1 amide bonds. The molecule has 2 N–H and O–H groups in total. The summed E-state index contributed by atoms with van der Waals surface area (Å²) < 4.78 is 49.2. The highest BCUT2D eigenvalue weighted by Crippen LogP contribution is 2.33. The van der Waals surface area contributed by atoms with Crippen molar-refractivity contribution in [3.63, 3.8) is 0 Å². The zero-order valence-corrected chi connectivity index (χ0v) is 21.1. The second-order valence-corrected chi connectivity index (χ2v) is 8.99. The summed E-state index contributed by atoms with van der Waals surface area (Å²) >= 11 is 1.03. The Morgan fingerprint density at radius 2 is 1.81 bits per heavy atom. The van der Waals surface area contributed by atoms with Gasteiger partial charge < -0.3 is 4.74 Å². The first-order valence-corrected chi connectivity index (χ1v) is 11.9. The topological polar surface area (TPSA) is 80.7 Å². The number of benzene rings is 2. The van der Waals surface area contributed by atoms with E-state index in [1.807, 2.05) is 32.9 Å². The zero-order valence-electron chi connectivity index (χ0n) is 20.3. The van der Waals surface area contributed by atoms with Crippen LogP contribution in [0.4, 0.5) is 18.0 Å². The van der Waals surface area contributed by atoms with Crippen LogP contribution in [0.1, 0.15) is 25.1 Å². The van der Waals surface area contributed by atoms with Crippen molar-refractivity contribution in [3.05, 3.63) is 65.9 Å². The van der Waals surface area contributed by atoms with E-state index < -0.39 is 18.0 Å². The van der Waals surface area contributed by atoms with Crippen molar-refractivity contribution in [1.82, 2.24) is 25.1 Å². The molecule has 3 rings (SSSR count). The lowest BCUT2D eigenvalue weighted by Crippen LogP contribution is -2.44. The van der Waals surface area contributed by atoms with E-state index in [-0.39, 0.29) is 12.6 Å². The lowest BCUT2D eigenvalue weighted by atomic mass is 10.1. The highest BCUT2D eigenvalue weighted by atomic mass is 32.2. The van der Waals surface area contributed by atoms with Crippen molar-refractivity contribution in [1.29, 1.82) is 0 Å². The van der Waals surface area contributed by atoms with Crippen LogP contribution in [-0.2, 0) is 15.8 Å². The summed E-state index contributed by atoms with van der Waals surface area (Å²) in [5.41, 5.74) is 4.12. The number of aryl methyl sites for hydroxylation is 1. The number of nitrogens with zero attached hydrogens (tertiary/aromatic N) is 3. The van der Waals surface area contributed by atoms with Gasteiger partial charge in [-0.05, 0) is 63.1 Å². The van der Waals surface area contributed by atoms with Crippen LogP contribution in [0.2, 0.25) is 0 Å². The maximum Gasteiger partial charge on any atom is 0.435 e. The second-order valence-electron chi connectivity index (χ2n) is 8.11. The number of rotatable bonds is 10. The van der Waals surface area contributed by atoms with Crippen molar-refractivity contribution in [3.8, 4) is 16.9 Å². The van der Waals surface area contributed by atoms with Gasteiger partial charge in [-0.25, -0.2) is 14.5 Å². The van der Waals surface area contributed by atoms with Crippen molar-refractivity contribution in [2.75, 3.05) is 20.3 Å². The van der Waals surface area contributed by atoms with Crippen molar-refractivity contribution < 1.29 is 27.5 Å². The molecule has 36 heavy (non-hydrogen) atoms. The predicted octanol–water partition coefficient (Wildman–Crippen LogP) is 5.38. The Labute approximate surface area is 211 Å². The SMILES string of the molecule is CONN(CCOC(=O)NSc1ccc(-n2nc(C(F)(F)F)cc2-c2ccc(C)cc2)cc1)C(C)C. The van der Waals surface area contributed by atoms with Crippen LogP contribution < -0.4 is 10.3 Å². The van der Waals surface area contributed by atoms with Crippen molar-refractivity contribution >= 4 is 18.0 Å². The van der Waals surface area contributed by atoms with Crippen LogP contribution >= 0.6 is 11.9 Å². The minimum absolute atomic E-state index is 0.137. The van der Waals surface area contributed by atoms with Crippen LogP contribution in [0.5, 0.6) is 0 Å². The average Bonchev–Trinajstić information content (AvgIpc) is 3.29. The average molecular weight is 524 g/mol. The van der Waals surface area contributed by atoms with Gasteiger partial charge in [0, 0.05) is 16.5 Å². The van der Waals surface area contributed by atoms with Gasteiger partial charge in [0.1, 0.15) is 6.61 Å². The summed E-state index contributed by atoms with van der Waals surface area (Å²) in [5, 5.41) is 5.57. The van der Waals surface area contributed by atoms with Gasteiger partial charge in [0.2, 0.25) is 0 Å². The molecule has 0 saturated heterocycles. The summed E-state index contributed by atoms with van der Waals surface area (Å²) in [5.74, 6) is 0. The second kappa shape index (κ2) is 12.3. The van der Waals surface area contributed by atoms with Gasteiger partial charge in [-0.15, -0.1) is 5.59 Å². The maximum atomic E-state index is 13.4. The van der Waals surface area contributed by atoms with Crippen LogP contribution in [0.25, 0.3) is 16.9 Å². The fourth-order valence-corrected chi connectivity index (χ4v) is 3.73. The molecule has 3 aromatic rings. The van der Waals surface area contributed by atoms with Crippen LogP contribution in [0, 0.1) is 6.92 Å². The number of aromatic nitrogens is 2. The molecular formula is C24H28F3N5O3S. The normalized spacial score (nSPS) is 11.8. The molecule has 0 bridgehead atoms. The summed E-state index contributed by atoms with van der Waals surface area (Å²) in [4.78, 5) is 17.5. The van der Waals surface area contributed by atoms with Crippen LogP contribution in [0.3, 0.4) is 0 Å². The molecule has 8 nitrogen and oxygen atoms in total. The van der Waals surface area contributed by atoms with Gasteiger partial charge in [0.15, 0.2) is 5.69 Å². The first kappa shape index (κ1) is 27.5. The number of nitrogens with one attached hydrogen (secondary N) is 2. The summed E-state index contributed by atoms with van der Waals surface area (Å²) in [7, 11) is 1.50. The number of hydrazine groups is 1. The molecule has 0 unspecified atom stereocenters. The molecule has 0 aliphatic carbocycles. The molecule has 0 aliphatic rings. The molecule has 0 radical (unpaired) electrons. The van der Waals surface area contributed by atoms with E-state index in [0.717, 1.165) is 23.6 Å². The third kappa shape index (κ3) is 7.47. The number of hydrogen-bond donors (Lipinski definition) is 2. The highest BCUT2D eigenvalue weighted by Gasteiger charge is 2.35. The molecule has 194 valence electrons. The Hall–Kier alpha value is -3.06. The Kier molecular flexibility index (Phi) is 9.37. The lowest BCUT2D eigenvalue weighted by molar-refractivity contribution is -0.141. The largest absolute Gasteiger partial charge is 0.448 e. The van der Waals surface area contributed by atoms with E-state index in [1.54, 1.807) is 41.4 Å². The van der Waals surface area contributed by atoms with Gasteiger partial charge in [-0.1, -0.05) is 29.8 Å². The molecule has 2 aromatic carbocycles. The van der Waals surface area contributed by atoms with E-state index in [2.05, 4.69) is 15.4 Å². The first-order chi connectivity index (χ1) is 17.1. The van der Waals surface area contributed by atoms with E-state index >= 15 is 0 Å². The van der Waals surface area contributed by atoms with Crippen LogP contribution in [-0.4, -0.2) is 47.2 Å². The Balaban J connectivity index is 1.65. The van der Waals surface area contributed by atoms with E-state index in [4.69, 9.17) is 9.57 Å². The summed E-state index contributed by atoms with van der Waals surface area (Å²) in [6, 6.07) is 15.0. The van der Waals surface area contributed by atoms with Crippen molar-refractivity contribution in [2.24, 2.45) is 0 Å². The number of alkyl halides is 3. The highest BCUT2D eigenvalue weighted by molar-refractivity contribution is 7.98. The number of ether oxygens (including phenoxy) is 1. The monoisotopic (exact) mass is 523 g/mol. The smallest absolute Gasteiger partial charge is 0.435 e. The Bertz CT molecular complexity index is 1140. The number of amides is 1. The fraction of sp³-hybridized carbons (Fsp3) is 0.333. The number of carbonyl (C=O) groups is 1. The third-order valence-corrected chi connectivity index (χ3v) is 5.85. The number of carbonyl (C=O) groups excluding carboxylic acids is 1. The minimum atomic E-state index is -4.57. The minimum Gasteiger partial charge on any atom is -0.448 e. The third-order valence-electron chi connectivity index (χ3n) is 5.08. The Morgan fingerprint density at radius 1 is 1.14 bits per heavy atom. The van der Waals surface area contributed by atoms with E-state index in [0.29, 0.717) is 28.4 Å². The van der Waals surface area contributed by atoms with Crippen LogP contribution in [0.15, 0.2) is 59.5 Å². The molecule has 1 aromatic heterocycles. The standard InChI is InChI=1S/C24H28F3N5O3S/c1-16(2)31(30-34-4)13-14-35-23(33)29-36-20-11-9-19(10-12-20)32-21(15-22(28-32)24(25,26)27)18-7-5-17(3)6-8-18/h5-12,15-16,30H,13-14H2,1-4H3,(H,29,33). The van der Waals surface area contributed by atoms with E-state index in [9.17, 15) is 18.0 Å². The molecule has 0 saturated carbocycles. The predicted molar refractivity (Wildman–Crippen MR) is 131 cm³/mol. The maximum absolute atomic E-state index is 13.4. The molecule has 0 aliphatic heterocycles. The molecular weight excluding hydrogens is 495 g/mol. The van der Waals surface area contributed by atoms with Gasteiger partial charge in [0.05, 0.1) is 25.0 Å². The molecule has 12 heteroatoms.